The van der Waals surface area contributed by atoms with Gasteiger partial charge in [-0.1, -0.05) is 36.1 Å². The molecule has 174 valence electrons. The molecular formula is C27H32N2O3S. The molecular weight excluding hydrogens is 432 g/mol. The maximum absolute atomic E-state index is 13.5. The third-order valence-electron chi connectivity index (χ3n) is 7.25. The Hall–Kier alpha value is -2.17. The third kappa shape index (κ3) is 4.61. The first kappa shape index (κ1) is 22.6. The molecule has 3 atom stereocenters. The number of nitrogens with zero attached hydrogens (tertiary/aromatic N) is 2. The standard InChI is InChI=1S/C27H32N2O3S/c1-20-5-4-6-24(17-20)33(31,32)28-15-2-3-16-29-25(18-28)27(26(29)19-30)23-13-11-22(12-14-23)10-9-21-7-8-21/h4-6,11-14,17,21,25-27,30H,2-3,7-8,15-16,18-19H2,1H3/t25-,26-,27-/m1/s1. The van der Waals surface area contributed by atoms with Gasteiger partial charge in [-0.25, -0.2) is 8.42 Å². The molecule has 2 saturated heterocycles. The minimum Gasteiger partial charge on any atom is -0.395 e. The number of aryl methyl sites for hydroxylation is 1. The fourth-order valence-electron chi connectivity index (χ4n) is 5.25. The molecule has 0 radical (unpaired) electrons. The van der Waals surface area contributed by atoms with E-state index in [1.807, 2.05) is 13.0 Å². The van der Waals surface area contributed by atoms with Gasteiger partial charge in [0.15, 0.2) is 0 Å². The van der Waals surface area contributed by atoms with Crippen molar-refractivity contribution in [2.75, 3.05) is 26.2 Å². The van der Waals surface area contributed by atoms with E-state index in [-0.39, 0.29) is 24.6 Å². The fourth-order valence-corrected chi connectivity index (χ4v) is 6.86. The molecule has 1 saturated carbocycles. The van der Waals surface area contributed by atoms with Crippen LogP contribution >= 0.6 is 0 Å². The molecule has 3 aliphatic rings. The largest absolute Gasteiger partial charge is 0.395 e. The summed E-state index contributed by atoms with van der Waals surface area (Å²) in [4.78, 5) is 2.67. The summed E-state index contributed by atoms with van der Waals surface area (Å²) in [5.41, 5.74) is 3.11. The van der Waals surface area contributed by atoms with Gasteiger partial charge in [0.2, 0.25) is 10.0 Å². The van der Waals surface area contributed by atoms with E-state index < -0.39 is 10.0 Å². The second-order valence-electron chi connectivity index (χ2n) is 9.63. The van der Waals surface area contributed by atoms with E-state index in [0.717, 1.165) is 36.1 Å². The highest BCUT2D eigenvalue weighted by atomic mass is 32.2. The van der Waals surface area contributed by atoms with Gasteiger partial charge in [-0.15, -0.1) is 0 Å². The number of fused-ring (bicyclic) bond motifs is 1. The Morgan fingerprint density at radius 3 is 2.52 bits per heavy atom. The molecule has 6 heteroatoms. The lowest BCUT2D eigenvalue weighted by atomic mass is 9.74. The van der Waals surface area contributed by atoms with Crippen LogP contribution in [0.5, 0.6) is 0 Å². The maximum atomic E-state index is 13.5. The summed E-state index contributed by atoms with van der Waals surface area (Å²) in [6, 6.07) is 15.6. The van der Waals surface area contributed by atoms with Crippen LogP contribution in [0.15, 0.2) is 53.4 Å². The zero-order valence-corrected chi connectivity index (χ0v) is 20.0. The van der Waals surface area contributed by atoms with Crippen molar-refractivity contribution in [3.63, 3.8) is 0 Å². The first-order valence-electron chi connectivity index (χ1n) is 12.0. The topological polar surface area (TPSA) is 60.9 Å². The molecule has 2 aromatic carbocycles. The van der Waals surface area contributed by atoms with Gasteiger partial charge in [0.1, 0.15) is 0 Å². The SMILES string of the molecule is Cc1cccc(S(=O)(=O)N2CCCCN3[C@H](CO)[C@H](c4ccc(C#CC5CC5)cc4)[C@H]3C2)c1. The summed E-state index contributed by atoms with van der Waals surface area (Å²) >= 11 is 0. The number of aliphatic hydroxyl groups is 1. The van der Waals surface area contributed by atoms with E-state index in [2.05, 4.69) is 41.0 Å². The van der Waals surface area contributed by atoms with E-state index in [4.69, 9.17) is 0 Å². The van der Waals surface area contributed by atoms with E-state index in [1.54, 1.807) is 22.5 Å². The van der Waals surface area contributed by atoms with Gasteiger partial charge in [-0.3, -0.25) is 4.90 Å². The zero-order valence-electron chi connectivity index (χ0n) is 19.2. The number of sulfonamides is 1. The second-order valence-corrected chi connectivity index (χ2v) is 11.6. The predicted octanol–water partition coefficient (Wildman–Crippen LogP) is 3.37. The molecule has 1 aliphatic carbocycles. The normalized spacial score (nSPS) is 26.3. The molecule has 2 heterocycles. The van der Waals surface area contributed by atoms with E-state index in [1.165, 1.54) is 12.8 Å². The highest BCUT2D eigenvalue weighted by molar-refractivity contribution is 7.89. The number of aliphatic hydroxyl groups excluding tert-OH is 1. The molecule has 2 aliphatic heterocycles. The lowest BCUT2D eigenvalue weighted by molar-refractivity contribution is -0.0553. The van der Waals surface area contributed by atoms with Crippen molar-refractivity contribution in [2.45, 2.75) is 55.5 Å². The Labute approximate surface area is 197 Å². The predicted molar refractivity (Wildman–Crippen MR) is 129 cm³/mol. The third-order valence-corrected chi connectivity index (χ3v) is 9.11. The van der Waals surface area contributed by atoms with Crippen molar-refractivity contribution in [2.24, 2.45) is 5.92 Å². The number of hydrogen-bond acceptors (Lipinski definition) is 4. The van der Waals surface area contributed by atoms with Crippen LogP contribution in [0.1, 0.15) is 48.3 Å². The summed E-state index contributed by atoms with van der Waals surface area (Å²) in [5.74, 6) is 7.24. The van der Waals surface area contributed by atoms with Crippen LogP contribution in [0.4, 0.5) is 0 Å². The van der Waals surface area contributed by atoms with Gasteiger partial charge >= 0.3 is 0 Å². The smallest absolute Gasteiger partial charge is 0.243 e. The van der Waals surface area contributed by atoms with Gasteiger partial charge in [0.05, 0.1) is 11.5 Å². The average Bonchev–Trinajstić information content (AvgIpc) is 3.62. The molecule has 0 aromatic heterocycles. The summed E-state index contributed by atoms with van der Waals surface area (Å²) in [6.07, 6.45) is 4.18. The van der Waals surface area contributed by atoms with Crippen LogP contribution in [0, 0.1) is 24.7 Å². The first-order valence-corrected chi connectivity index (χ1v) is 13.5. The molecule has 2 aromatic rings. The van der Waals surface area contributed by atoms with Crippen LogP contribution in [-0.4, -0.2) is 61.1 Å². The molecule has 33 heavy (non-hydrogen) atoms. The summed E-state index contributed by atoms with van der Waals surface area (Å²) < 4.78 is 28.7. The van der Waals surface area contributed by atoms with Crippen molar-refractivity contribution < 1.29 is 13.5 Å². The van der Waals surface area contributed by atoms with Crippen LogP contribution in [0.2, 0.25) is 0 Å². The van der Waals surface area contributed by atoms with Crippen LogP contribution in [0.25, 0.3) is 0 Å². The summed E-state index contributed by atoms with van der Waals surface area (Å²) in [7, 11) is -3.57. The molecule has 0 unspecified atom stereocenters. The van der Waals surface area contributed by atoms with Crippen molar-refractivity contribution in [3.8, 4) is 11.8 Å². The van der Waals surface area contributed by atoms with Gasteiger partial charge in [-0.2, -0.15) is 4.31 Å². The van der Waals surface area contributed by atoms with Gasteiger partial charge in [0.25, 0.3) is 0 Å². The highest BCUT2D eigenvalue weighted by Crippen LogP contribution is 2.42. The van der Waals surface area contributed by atoms with Crippen LogP contribution < -0.4 is 0 Å². The molecule has 5 nitrogen and oxygen atoms in total. The summed E-state index contributed by atoms with van der Waals surface area (Å²) in [6.45, 7) is 3.87. The van der Waals surface area contributed by atoms with Crippen LogP contribution in [0.3, 0.4) is 0 Å². The number of hydrogen-bond donors (Lipinski definition) is 1. The summed E-state index contributed by atoms with van der Waals surface area (Å²) in [5, 5.41) is 10.2. The Balaban J connectivity index is 1.40. The minimum absolute atomic E-state index is 0.0278. The van der Waals surface area contributed by atoms with Crippen LogP contribution in [-0.2, 0) is 10.0 Å². The number of rotatable bonds is 4. The number of benzene rings is 2. The zero-order chi connectivity index (χ0) is 23.0. The van der Waals surface area contributed by atoms with Gasteiger partial charge in [-0.05, 0) is 74.5 Å². The maximum Gasteiger partial charge on any atom is 0.243 e. The van der Waals surface area contributed by atoms with E-state index in [0.29, 0.717) is 23.9 Å². The van der Waals surface area contributed by atoms with E-state index >= 15 is 0 Å². The highest BCUT2D eigenvalue weighted by Gasteiger charge is 2.50. The Morgan fingerprint density at radius 2 is 1.82 bits per heavy atom. The molecule has 5 rings (SSSR count). The second kappa shape index (κ2) is 9.23. The molecule has 0 amide bonds. The molecule has 0 bridgehead atoms. The fraction of sp³-hybridized carbons (Fsp3) is 0.481. The Bertz CT molecular complexity index is 1160. The molecule has 3 fully saturated rings. The first-order chi connectivity index (χ1) is 16.0. The monoisotopic (exact) mass is 464 g/mol. The van der Waals surface area contributed by atoms with Gasteiger partial charge < -0.3 is 5.11 Å². The Morgan fingerprint density at radius 1 is 1.06 bits per heavy atom. The molecule has 1 N–H and O–H groups in total. The average molecular weight is 465 g/mol. The minimum atomic E-state index is -3.57. The van der Waals surface area contributed by atoms with Crippen molar-refractivity contribution in [1.29, 1.82) is 0 Å². The lowest BCUT2D eigenvalue weighted by Gasteiger charge is -2.57. The van der Waals surface area contributed by atoms with E-state index in [9.17, 15) is 13.5 Å². The lowest BCUT2D eigenvalue weighted by Crippen LogP contribution is -2.67. The molecule has 0 spiro atoms. The van der Waals surface area contributed by atoms with Crippen molar-refractivity contribution >= 4 is 10.0 Å². The van der Waals surface area contributed by atoms with Gasteiger partial charge in [0, 0.05) is 42.6 Å². The van der Waals surface area contributed by atoms with Crippen molar-refractivity contribution in [3.05, 3.63) is 65.2 Å². The quantitative estimate of drug-likeness (QED) is 0.705. The Kier molecular flexibility index (Phi) is 6.32. The van der Waals surface area contributed by atoms with Crippen molar-refractivity contribution in [1.82, 2.24) is 9.21 Å².